The van der Waals surface area contributed by atoms with Crippen LogP contribution in [0.25, 0.3) is 0 Å². The summed E-state index contributed by atoms with van der Waals surface area (Å²) in [7, 11) is 0. The van der Waals surface area contributed by atoms with E-state index in [0.717, 1.165) is 39.1 Å². The molecule has 1 heterocycles. The number of nitrogens with one attached hydrogen (secondary N) is 1. The molecule has 1 aliphatic heterocycles. The minimum atomic E-state index is 0.112. The molecule has 1 saturated carbocycles. The van der Waals surface area contributed by atoms with Crippen LogP contribution in [0.4, 0.5) is 4.79 Å². The fraction of sp³-hybridized carbons (Fsp3) is 0.941. The van der Waals surface area contributed by atoms with E-state index in [9.17, 15) is 4.79 Å². The number of hydrogen-bond acceptors (Lipinski definition) is 2. The predicted molar refractivity (Wildman–Crippen MR) is 85.4 cm³/mol. The lowest BCUT2D eigenvalue weighted by atomic mass is 9.91. The average Bonchev–Trinajstić information content (AvgIpc) is 2.46. The van der Waals surface area contributed by atoms with E-state index < -0.39 is 0 Å². The summed E-state index contributed by atoms with van der Waals surface area (Å²) in [4.78, 5) is 14.2. The van der Waals surface area contributed by atoms with Crippen molar-refractivity contribution in [3.63, 3.8) is 0 Å². The van der Waals surface area contributed by atoms with Gasteiger partial charge >= 0.3 is 6.03 Å². The maximum atomic E-state index is 12.3. The molecule has 21 heavy (non-hydrogen) atoms. The number of amides is 2. The van der Waals surface area contributed by atoms with Gasteiger partial charge in [0, 0.05) is 26.2 Å². The Morgan fingerprint density at radius 2 is 1.81 bits per heavy atom. The molecule has 4 nitrogen and oxygen atoms in total. The molecule has 1 aliphatic carbocycles. The Balaban J connectivity index is 1.70. The van der Waals surface area contributed by atoms with Crippen LogP contribution in [-0.4, -0.2) is 43.3 Å². The van der Waals surface area contributed by atoms with Crippen molar-refractivity contribution in [3.8, 4) is 0 Å². The zero-order chi connectivity index (χ0) is 14.9. The van der Waals surface area contributed by atoms with Crippen LogP contribution in [0.3, 0.4) is 0 Å². The molecule has 4 heteroatoms. The number of piperidine rings is 1. The molecule has 122 valence electrons. The lowest BCUT2D eigenvalue weighted by molar-refractivity contribution is 0.0163. The topological polar surface area (TPSA) is 41.6 Å². The summed E-state index contributed by atoms with van der Waals surface area (Å²) in [6, 6.07) is 0.112. The first kappa shape index (κ1) is 16.6. The van der Waals surface area contributed by atoms with Crippen molar-refractivity contribution < 1.29 is 9.53 Å². The molecule has 2 rings (SSSR count). The fourth-order valence-corrected chi connectivity index (χ4v) is 3.58. The zero-order valence-corrected chi connectivity index (χ0v) is 13.6. The Bertz CT molecular complexity index is 299. The molecule has 1 saturated heterocycles. The molecule has 0 aromatic carbocycles. The molecule has 2 amide bonds. The van der Waals surface area contributed by atoms with Crippen molar-refractivity contribution in [1.82, 2.24) is 10.2 Å². The standard InChI is InChI=1S/C17H32N2O2/c1-2-21-16-11-8-12-19(14-16)17(20)18-13-15-9-6-4-3-5-7-10-15/h15-16H,2-14H2,1H3,(H,18,20). The van der Waals surface area contributed by atoms with E-state index in [2.05, 4.69) is 5.32 Å². The van der Waals surface area contributed by atoms with Crippen molar-refractivity contribution in [2.45, 2.75) is 70.8 Å². The number of rotatable bonds is 4. The number of urea groups is 1. The lowest BCUT2D eigenvalue weighted by Gasteiger charge is -2.33. The summed E-state index contributed by atoms with van der Waals surface area (Å²) in [5.74, 6) is 0.682. The van der Waals surface area contributed by atoms with Gasteiger partial charge in [-0.3, -0.25) is 0 Å². The second-order valence-electron chi connectivity index (χ2n) is 6.56. The summed E-state index contributed by atoms with van der Waals surface area (Å²) in [6.45, 7) is 5.24. The van der Waals surface area contributed by atoms with Gasteiger partial charge in [0.1, 0.15) is 0 Å². The third kappa shape index (κ3) is 5.85. The minimum absolute atomic E-state index is 0.112. The number of ether oxygens (including phenoxy) is 1. The van der Waals surface area contributed by atoms with E-state index in [0.29, 0.717) is 5.92 Å². The number of nitrogens with zero attached hydrogens (tertiary/aromatic N) is 1. The molecule has 0 aromatic rings. The molecule has 2 fully saturated rings. The minimum Gasteiger partial charge on any atom is -0.377 e. The number of carbonyl (C=O) groups is 1. The van der Waals surface area contributed by atoms with Crippen LogP contribution in [0.1, 0.15) is 64.7 Å². The first-order chi connectivity index (χ1) is 10.3. The highest BCUT2D eigenvalue weighted by Crippen LogP contribution is 2.21. The monoisotopic (exact) mass is 296 g/mol. The highest BCUT2D eigenvalue weighted by molar-refractivity contribution is 5.74. The normalized spacial score (nSPS) is 25.2. The Kier molecular flexibility index (Phi) is 7.34. The van der Waals surface area contributed by atoms with Crippen molar-refractivity contribution in [2.75, 3.05) is 26.2 Å². The summed E-state index contributed by atoms with van der Waals surface area (Å²) in [5, 5.41) is 3.16. The van der Waals surface area contributed by atoms with Gasteiger partial charge in [0.2, 0.25) is 0 Å². The number of carbonyl (C=O) groups excluding carboxylic acids is 1. The molecule has 0 radical (unpaired) electrons. The van der Waals surface area contributed by atoms with Gasteiger partial charge in [-0.05, 0) is 38.5 Å². The van der Waals surface area contributed by atoms with Crippen molar-refractivity contribution in [3.05, 3.63) is 0 Å². The maximum absolute atomic E-state index is 12.3. The summed E-state index contributed by atoms with van der Waals surface area (Å²) >= 11 is 0. The maximum Gasteiger partial charge on any atom is 0.317 e. The third-order valence-electron chi connectivity index (χ3n) is 4.83. The molecule has 0 spiro atoms. The number of likely N-dealkylation sites (tertiary alicyclic amines) is 1. The number of hydrogen-bond donors (Lipinski definition) is 1. The van der Waals surface area contributed by atoms with Gasteiger partial charge in [-0.1, -0.05) is 32.1 Å². The summed E-state index contributed by atoms with van der Waals surface area (Å²) in [5.41, 5.74) is 0. The van der Waals surface area contributed by atoms with Crippen molar-refractivity contribution >= 4 is 6.03 Å². The molecule has 2 aliphatic rings. The van der Waals surface area contributed by atoms with E-state index in [-0.39, 0.29) is 12.1 Å². The molecule has 0 aromatic heterocycles. The van der Waals surface area contributed by atoms with Gasteiger partial charge in [-0.15, -0.1) is 0 Å². The van der Waals surface area contributed by atoms with Crippen LogP contribution in [0.5, 0.6) is 0 Å². The third-order valence-corrected chi connectivity index (χ3v) is 4.83. The van der Waals surface area contributed by atoms with Crippen LogP contribution < -0.4 is 5.32 Å². The van der Waals surface area contributed by atoms with E-state index >= 15 is 0 Å². The van der Waals surface area contributed by atoms with Gasteiger partial charge in [0.15, 0.2) is 0 Å². The largest absolute Gasteiger partial charge is 0.377 e. The Morgan fingerprint density at radius 3 is 2.52 bits per heavy atom. The Labute approximate surface area is 129 Å². The first-order valence-electron chi connectivity index (χ1n) is 8.94. The second kappa shape index (κ2) is 9.29. The highest BCUT2D eigenvalue weighted by Gasteiger charge is 2.24. The molecule has 0 bridgehead atoms. The van der Waals surface area contributed by atoms with Crippen LogP contribution in [0.2, 0.25) is 0 Å². The van der Waals surface area contributed by atoms with Crippen molar-refractivity contribution in [1.29, 1.82) is 0 Å². The summed E-state index contributed by atoms with van der Waals surface area (Å²) in [6.07, 6.45) is 11.7. The quantitative estimate of drug-likeness (QED) is 0.862. The molecular formula is C17H32N2O2. The van der Waals surface area contributed by atoms with Gasteiger partial charge in [-0.2, -0.15) is 0 Å². The molecule has 1 N–H and O–H groups in total. The van der Waals surface area contributed by atoms with E-state index in [1.165, 1.54) is 44.9 Å². The smallest absolute Gasteiger partial charge is 0.317 e. The zero-order valence-electron chi connectivity index (χ0n) is 13.6. The molecule has 1 unspecified atom stereocenters. The second-order valence-corrected chi connectivity index (χ2v) is 6.56. The van der Waals surface area contributed by atoms with Gasteiger partial charge in [-0.25, -0.2) is 4.79 Å². The van der Waals surface area contributed by atoms with E-state index in [1.54, 1.807) is 0 Å². The molecule has 1 atom stereocenters. The fourth-order valence-electron chi connectivity index (χ4n) is 3.58. The molecular weight excluding hydrogens is 264 g/mol. The Morgan fingerprint density at radius 1 is 1.10 bits per heavy atom. The van der Waals surface area contributed by atoms with Gasteiger partial charge < -0.3 is 15.0 Å². The van der Waals surface area contributed by atoms with E-state index in [4.69, 9.17) is 4.74 Å². The van der Waals surface area contributed by atoms with Crippen LogP contribution >= 0.6 is 0 Å². The summed E-state index contributed by atoms with van der Waals surface area (Å²) < 4.78 is 5.67. The van der Waals surface area contributed by atoms with Crippen LogP contribution in [0, 0.1) is 5.92 Å². The predicted octanol–water partition coefficient (Wildman–Crippen LogP) is 3.56. The lowest BCUT2D eigenvalue weighted by Crippen LogP contribution is -2.48. The van der Waals surface area contributed by atoms with Crippen LogP contribution in [0.15, 0.2) is 0 Å². The van der Waals surface area contributed by atoms with Gasteiger partial charge in [0.25, 0.3) is 0 Å². The van der Waals surface area contributed by atoms with E-state index in [1.807, 2.05) is 11.8 Å². The average molecular weight is 296 g/mol. The Hall–Kier alpha value is -0.770. The van der Waals surface area contributed by atoms with Crippen molar-refractivity contribution in [2.24, 2.45) is 5.92 Å². The highest BCUT2D eigenvalue weighted by atomic mass is 16.5. The first-order valence-corrected chi connectivity index (χ1v) is 8.94. The SMILES string of the molecule is CCOC1CCCN(C(=O)NCC2CCCCCCC2)C1. The van der Waals surface area contributed by atoms with Gasteiger partial charge in [0.05, 0.1) is 6.10 Å². The van der Waals surface area contributed by atoms with Crippen LogP contribution in [-0.2, 0) is 4.74 Å².